The lowest BCUT2D eigenvalue weighted by Gasteiger charge is -2.46. The molecule has 0 atom stereocenters. The van der Waals surface area contributed by atoms with Crippen LogP contribution in [0.15, 0.2) is 36.5 Å². The minimum atomic E-state index is -3.24. The van der Waals surface area contributed by atoms with Crippen molar-refractivity contribution in [2.24, 2.45) is 0 Å². The van der Waals surface area contributed by atoms with E-state index in [-0.39, 0.29) is 47.5 Å². The normalized spacial score (nSPS) is 16.2. The third-order valence-electron chi connectivity index (χ3n) is 6.78. The summed E-state index contributed by atoms with van der Waals surface area (Å²) in [6.45, 7) is 10.8. The van der Waals surface area contributed by atoms with Crippen LogP contribution in [-0.2, 0) is 20.0 Å². The molecule has 38 heavy (non-hydrogen) atoms. The SMILES string of the molecule is CC(C)(C)c1cc(-c2ccc(F)cc2)nn2cc(C(=O)N3CCN(C(=O)CCS(C)(=O)=O)CC3(C)C)nc12. The summed E-state index contributed by atoms with van der Waals surface area (Å²) in [6, 6.07) is 8.02. The van der Waals surface area contributed by atoms with Crippen molar-refractivity contribution in [2.45, 2.75) is 52.0 Å². The third kappa shape index (κ3) is 5.87. The Morgan fingerprint density at radius 1 is 1.11 bits per heavy atom. The highest BCUT2D eigenvalue weighted by Gasteiger charge is 2.39. The number of aromatic nitrogens is 3. The van der Waals surface area contributed by atoms with Gasteiger partial charge in [0, 0.05) is 43.4 Å². The van der Waals surface area contributed by atoms with Gasteiger partial charge in [-0.05, 0) is 49.6 Å². The summed E-state index contributed by atoms with van der Waals surface area (Å²) in [5.74, 6) is -1.04. The number of carbonyl (C=O) groups excluding carboxylic acids is 2. The van der Waals surface area contributed by atoms with Gasteiger partial charge in [0.1, 0.15) is 21.3 Å². The molecule has 1 saturated heterocycles. The molecule has 0 N–H and O–H groups in total. The molecular formula is C27H34FN5O4S. The average Bonchev–Trinajstić information content (AvgIpc) is 3.24. The second-order valence-corrected chi connectivity index (χ2v) is 13.8. The largest absolute Gasteiger partial charge is 0.339 e. The van der Waals surface area contributed by atoms with E-state index in [0.717, 1.165) is 17.4 Å². The zero-order chi connectivity index (χ0) is 28.0. The second-order valence-electron chi connectivity index (χ2n) is 11.6. The van der Waals surface area contributed by atoms with Crippen LogP contribution in [0.4, 0.5) is 4.39 Å². The van der Waals surface area contributed by atoms with Crippen LogP contribution in [0.1, 0.15) is 57.1 Å². The first-order valence-corrected chi connectivity index (χ1v) is 14.6. The summed E-state index contributed by atoms with van der Waals surface area (Å²) in [4.78, 5) is 34.3. The predicted molar refractivity (Wildman–Crippen MR) is 143 cm³/mol. The summed E-state index contributed by atoms with van der Waals surface area (Å²) in [6.07, 6.45) is 2.64. The van der Waals surface area contributed by atoms with Gasteiger partial charge in [-0.1, -0.05) is 20.8 Å². The van der Waals surface area contributed by atoms with Crippen molar-refractivity contribution in [3.63, 3.8) is 0 Å². The van der Waals surface area contributed by atoms with Crippen LogP contribution in [-0.4, -0.2) is 81.8 Å². The Morgan fingerprint density at radius 2 is 1.76 bits per heavy atom. The fourth-order valence-corrected chi connectivity index (χ4v) is 5.25. The van der Waals surface area contributed by atoms with E-state index in [1.165, 1.54) is 12.1 Å². The van der Waals surface area contributed by atoms with Gasteiger partial charge in [0.25, 0.3) is 5.91 Å². The number of amides is 2. The quantitative estimate of drug-likeness (QED) is 0.489. The smallest absolute Gasteiger partial charge is 0.274 e. The number of carbonyl (C=O) groups is 2. The van der Waals surface area contributed by atoms with Gasteiger partial charge in [-0.2, -0.15) is 5.10 Å². The van der Waals surface area contributed by atoms with Crippen molar-refractivity contribution in [2.75, 3.05) is 31.6 Å². The van der Waals surface area contributed by atoms with Crippen molar-refractivity contribution < 1.29 is 22.4 Å². The Labute approximate surface area is 222 Å². The lowest BCUT2D eigenvalue weighted by Crippen LogP contribution is -2.62. The van der Waals surface area contributed by atoms with Crippen molar-refractivity contribution >= 4 is 27.3 Å². The minimum absolute atomic E-state index is 0.0765. The van der Waals surface area contributed by atoms with E-state index in [9.17, 15) is 22.4 Å². The van der Waals surface area contributed by atoms with Gasteiger partial charge in [-0.25, -0.2) is 22.3 Å². The maximum absolute atomic E-state index is 13.7. The minimum Gasteiger partial charge on any atom is -0.339 e. The summed E-state index contributed by atoms with van der Waals surface area (Å²) in [7, 11) is -3.24. The van der Waals surface area contributed by atoms with E-state index in [0.29, 0.717) is 24.4 Å². The number of hydrogen-bond acceptors (Lipinski definition) is 6. The van der Waals surface area contributed by atoms with E-state index in [1.807, 2.05) is 19.9 Å². The molecule has 0 saturated carbocycles. The lowest BCUT2D eigenvalue weighted by atomic mass is 9.87. The molecule has 4 rings (SSSR count). The molecule has 1 fully saturated rings. The molecule has 0 aliphatic carbocycles. The van der Waals surface area contributed by atoms with Crippen molar-refractivity contribution in [3.8, 4) is 11.3 Å². The summed E-state index contributed by atoms with van der Waals surface area (Å²) >= 11 is 0. The fraction of sp³-hybridized carbons (Fsp3) is 0.481. The second kappa shape index (κ2) is 9.76. The van der Waals surface area contributed by atoms with Crippen LogP contribution in [0, 0.1) is 5.82 Å². The van der Waals surface area contributed by atoms with Gasteiger partial charge in [0.15, 0.2) is 5.65 Å². The van der Waals surface area contributed by atoms with Crippen molar-refractivity contribution in [1.82, 2.24) is 24.4 Å². The molecule has 2 amide bonds. The fourth-order valence-electron chi connectivity index (χ4n) is 4.71. The van der Waals surface area contributed by atoms with Crippen molar-refractivity contribution in [1.29, 1.82) is 0 Å². The van der Waals surface area contributed by atoms with Gasteiger partial charge in [0.2, 0.25) is 5.91 Å². The van der Waals surface area contributed by atoms with E-state index in [2.05, 4.69) is 30.9 Å². The molecule has 1 aliphatic heterocycles. The van der Waals surface area contributed by atoms with Crippen LogP contribution < -0.4 is 0 Å². The number of piperazine rings is 1. The Kier molecular flexibility index (Phi) is 7.11. The average molecular weight is 544 g/mol. The van der Waals surface area contributed by atoms with Crippen LogP contribution >= 0.6 is 0 Å². The van der Waals surface area contributed by atoms with Crippen LogP contribution in [0.3, 0.4) is 0 Å². The molecular weight excluding hydrogens is 509 g/mol. The zero-order valence-electron chi connectivity index (χ0n) is 22.7. The molecule has 3 aromatic rings. The molecule has 0 spiro atoms. The zero-order valence-corrected chi connectivity index (χ0v) is 23.5. The molecule has 11 heteroatoms. The van der Waals surface area contributed by atoms with Crippen LogP contribution in [0.5, 0.6) is 0 Å². The molecule has 2 aromatic heterocycles. The van der Waals surface area contributed by atoms with Crippen molar-refractivity contribution in [3.05, 3.63) is 53.6 Å². The molecule has 0 unspecified atom stereocenters. The number of imidazole rings is 1. The van der Waals surface area contributed by atoms with Crippen LogP contribution in [0.25, 0.3) is 16.9 Å². The van der Waals surface area contributed by atoms with Gasteiger partial charge in [0.05, 0.1) is 23.2 Å². The monoisotopic (exact) mass is 543 g/mol. The highest BCUT2D eigenvalue weighted by molar-refractivity contribution is 7.90. The Balaban J connectivity index is 1.63. The molecule has 1 aromatic carbocycles. The Hall–Kier alpha value is -3.34. The number of hydrogen-bond donors (Lipinski definition) is 0. The maximum Gasteiger partial charge on any atom is 0.274 e. The summed E-state index contributed by atoms with van der Waals surface area (Å²) in [5.41, 5.74) is 2.10. The van der Waals surface area contributed by atoms with Crippen LogP contribution in [0.2, 0.25) is 0 Å². The van der Waals surface area contributed by atoms with E-state index < -0.39 is 15.4 Å². The maximum atomic E-state index is 13.7. The van der Waals surface area contributed by atoms with E-state index >= 15 is 0 Å². The molecule has 0 radical (unpaired) electrons. The molecule has 3 heterocycles. The number of sulfone groups is 1. The van der Waals surface area contributed by atoms with Gasteiger partial charge in [-0.15, -0.1) is 0 Å². The van der Waals surface area contributed by atoms with Gasteiger partial charge < -0.3 is 9.80 Å². The number of halogens is 1. The first-order chi connectivity index (χ1) is 17.5. The number of benzene rings is 1. The molecule has 0 bridgehead atoms. The molecule has 204 valence electrons. The van der Waals surface area contributed by atoms with Gasteiger partial charge in [-0.3, -0.25) is 9.59 Å². The highest BCUT2D eigenvalue weighted by Crippen LogP contribution is 2.31. The van der Waals surface area contributed by atoms with E-state index in [1.54, 1.807) is 32.6 Å². The molecule has 9 nitrogen and oxygen atoms in total. The van der Waals surface area contributed by atoms with E-state index in [4.69, 9.17) is 0 Å². The Morgan fingerprint density at radius 3 is 2.34 bits per heavy atom. The van der Waals surface area contributed by atoms with Gasteiger partial charge >= 0.3 is 0 Å². The predicted octanol–water partition coefficient (Wildman–Crippen LogP) is 3.33. The molecule has 1 aliphatic rings. The summed E-state index contributed by atoms with van der Waals surface area (Å²) in [5, 5.41) is 4.67. The third-order valence-corrected chi connectivity index (χ3v) is 7.72. The first-order valence-electron chi connectivity index (χ1n) is 12.5. The number of fused-ring (bicyclic) bond motifs is 1. The Bertz CT molecular complexity index is 1490. The topological polar surface area (TPSA) is 105 Å². The highest BCUT2D eigenvalue weighted by atomic mass is 32.2. The first kappa shape index (κ1) is 27.7. The lowest BCUT2D eigenvalue weighted by molar-refractivity contribution is -0.134. The summed E-state index contributed by atoms with van der Waals surface area (Å²) < 4.78 is 38.0. The number of rotatable bonds is 5. The standard InChI is InChI=1S/C27H34FN5O4S/c1-26(2,3)20-15-21(18-7-9-19(28)10-8-18)30-33-16-22(29-24(20)33)25(35)32-13-12-31(17-27(32,4)5)23(34)11-14-38(6,36)37/h7-10,15-16H,11-14,17H2,1-6H3. The number of nitrogens with zero attached hydrogens (tertiary/aromatic N) is 5.